The second kappa shape index (κ2) is 9.36. The van der Waals surface area contributed by atoms with Crippen molar-refractivity contribution < 1.29 is 27.5 Å². The van der Waals surface area contributed by atoms with Crippen molar-refractivity contribution in [3.8, 4) is 0 Å². The molecule has 2 rings (SSSR count). The molecule has 0 bridgehead atoms. The Hall–Kier alpha value is -2.46. The van der Waals surface area contributed by atoms with Gasteiger partial charge in [0.25, 0.3) is 5.91 Å². The molecule has 1 aromatic carbocycles. The highest BCUT2D eigenvalue weighted by molar-refractivity contribution is 7.89. The Balaban J connectivity index is 2.05. The van der Waals surface area contributed by atoms with Gasteiger partial charge in [-0.05, 0) is 45.7 Å². The Labute approximate surface area is 170 Å². The Morgan fingerprint density at radius 3 is 2.31 bits per heavy atom. The van der Waals surface area contributed by atoms with Gasteiger partial charge in [0.05, 0.1) is 10.5 Å². The minimum Gasteiger partial charge on any atom is -0.452 e. The lowest BCUT2D eigenvalue weighted by molar-refractivity contribution is -0.123. The number of piperidine rings is 1. The number of urea groups is 1. The van der Waals surface area contributed by atoms with Crippen molar-refractivity contribution >= 4 is 27.9 Å². The number of benzene rings is 1. The fourth-order valence-electron chi connectivity index (χ4n) is 2.85. The maximum absolute atomic E-state index is 12.9. The lowest BCUT2D eigenvalue weighted by atomic mass is 10.1. The van der Waals surface area contributed by atoms with Crippen LogP contribution in [0, 0.1) is 0 Å². The lowest BCUT2D eigenvalue weighted by Gasteiger charge is -2.26. The number of esters is 1. The van der Waals surface area contributed by atoms with E-state index in [2.05, 4.69) is 5.32 Å². The van der Waals surface area contributed by atoms with E-state index in [9.17, 15) is 22.8 Å². The fraction of sp³-hybridized carbons (Fsp3) is 0.526. The second-order valence-electron chi connectivity index (χ2n) is 7.79. The number of nitrogens with one attached hydrogen (secondary N) is 2. The van der Waals surface area contributed by atoms with Crippen LogP contribution in [0.2, 0.25) is 0 Å². The average Bonchev–Trinajstić information content (AvgIpc) is 2.65. The highest BCUT2D eigenvalue weighted by Gasteiger charge is 2.30. The number of hydrogen-bond donors (Lipinski definition) is 2. The van der Waals surface area contributed by atoms with Crippen molar-refractivity contribution in [2.45, 2.75) is 50.5 Å². The summed E-state index contributed by atoms with van der Waals surface area (Å²) >= 11 is 0. The number of hydrogen-bond acceptors (Lipinski definition) is 6. The molecule has 29 heavy (non-hydrogen) atoms. The van der Waals surface area contributed by atoms with E-state index in [0.29, 0.717) is 13.1 Å². The van der Waals surface area contributed by atoms with Gasteiger partial charge in [-0.2, -0.15) is 4.31 Å². The van der Waals surface area contributed by atoms with Gasteiger partial charge in [0.15, 0.2) is 6.61 Å². The maximum atomic E-state index is 12.9. The summed E-state index contributed by atoms with van der Waals surface area (Å²) in [6.07, 6.45) is 2.50. The summed E-state index contributed by atoms with van der Waals surface area (Å²) < 4.78 is 32.1. The minimum atomic E-state index is -3.85. The van der Waals surface area contributed by atoms with Crippen LogP contribution >= 0.6 is 0 Å². The van der Waals surface area contributed by atoms with E-state index in [4.69, 9.17) is 4.74 Å². The number of amides is 3. The molecular formula is C19H27N3O6S. The van der Waals surface area contributed by atoms with Crippen molar-refractivity contribution in [1.82, 2.24) is 14.9 Å². The van der Waals surface area contributed by atoms with E-state index in [-0.39, 0.29) is 10.5 Å². The first-order chi connectivity index (χ1) is 13.5. The minimum absolute atomic E-state index is 0.148. The number of imide groups is 1. The normalized spacial score (nSPS) is 15.4. The van der Waals surface area contributed by atoms with Gasteiger partial charge < -0.3 is 10.1 Å². The van der Waals surface area contributed by atoms with Gasteiger partial charge in [0, 0.05) is 18.6 Å². The third-order valence-electron chi connectivity index (χ3n) is 4.12. The van der Waals surface area contributed by atoms with Crippen molar-refractivity contribution in [2.75, 3.05) is 19.7 Å². The standard InChI is InChI=1S/C19H27N3O6S/c1-19(2,3)21-18(25)20-16(23)13-28-17(24)14-9-5-6-10-15(14)29(26,27)22-11-7-4-8-12-22/h5-6,9-10H,4,7-8,11-13H2,1-3H3,(H2,20,21,23,25). The Morgan fingerprint density at radius 2 is 1.69 bits per heavy atom. The van der Waals surface area contributed by atoms with Crippen LogP contribution in [0.15, 0.2) is 29.2 Å². The van der Waals surface area contributed by atoms with E-state index in [1.165, 1.54) is 28.6 Å². The van der Waals surface area contributed by atoms with E-state index in [0.717, 1.165) is 19.3 Å². The van der Waals surface area contributed by atoms with E-state index >= 15 is 0 Å². The van der Waals surface area contributed by atoms with Crippen LogP contribution in [-0.2, 0) is 19.6 Å². The zero-order valence-electron chi connectivity index (χ0n) is 16.9. The summed E-state index contributed by atoms with van der Waals surface area (Å²) in [7, 11) is -3.85. The molecule has 0 saturated carbocycles. The molecule has 0 radical (unpaired) electrons. The SMILES string of the molecule is CC(C)(C)NC(=O)NC(=O)COC(=O)c1ccccc1S(=O)(=O)N1CCCCC1. The second-order valence-corrected chi connectivity index (χ2v) is 9.70. The predicted molar refractivity (Wildman–Crippen MR) is 106 cm³/mol. The van der Waals surface area contributed by atoms with Gasteiger partial charge in [-0.1, -0.05) is 18.6 Å². The summed E-state index contributed by atoms with van der Waals surface area (Å²) in [5, 5.41) is 4.59. The zero-order chi connectivity index (χ0) is 21.7. The van der Waals surface area contributed by atoms with Gasteiger partial charge in [-0.15, -0.1) is 0 Å². The number of nitrogens with zero attached hydrogens (tertiary/aromatic N) is 1. The summed E-state index contributed by atoms with van der Waals surface area (Å²) in [5.74, 6) is -1.77. The van der Waals surface area contributed by atoms with Crippen LogP contribution in [0.5, 0.6) is 0 Å². The molecule has 2 N–H and O–H groups in total. The van der Waals surface area contributed by atoms with Crippen LogP contribution in [0.3, 0.4) is 0 Å². The molecule has 0 unspecified atom stereocenters. The zero-order valence-corrected chi connectivity index (χ0v) is 17.7. The van der Waals surface area contributed by atoms with Crippen molar-refractivity contribution in [2.24, 2.45) is 0 Å². The molecule has 1 aliphatic rings. The van der Waals surface area contributed by atoms with Gasteiger partial charge in [0.2, 0.25) is 10.0 Å². The van der Waals surface area contributed by atoms with Crippen LogP contribution in [0.1, 0.15) is 50.4 Å². The number of rotatable bonds is 5. The molecule has 1 heterocycles. The molecule has 160 valence electrons. The van der Waals surface area contributed by atoms with Crippen LogP contribution in [-0.4, -0.2) is 55.9 Å². The first-order valence-corrected chi connectivity index (χ1v) is 10.8. The van der Waals surface area contributed by atoms with Gasteiger partial charge >= 0.3 is 12.0 Å². The van der Waals surface area contributed by atoms with E-state index in [1.54, 1.807) is 20.8 Å². The first kappa shape index (κ1) is 22.8. The fourth-order valence-corrected chi connectivity index (χ4v) is 4.54. The summed E-state index contributed by atoms with van der Waals surface area (Å²) in [6.45, 7) is 5.33. The van der Waals surface area contributed by atoms with Crippen molar-refractivity contribution in [3.05, 3.63) is 29.8 Å². The smallest absolute Gasteiger partial charge is 0.340 e. The molecule has 0 spiro atoms. The molecule has 1 saturated heterocycles. The van der Waals surface area contributed by atoms with Crippen LogP contribution in [0.25, 0.3) is 0 Å². The number of carbonyl (C=O) groups is 3. The molecule has 1 aromatic rings. The molecule has 1 fully saturated rings. The van der Waals surface area contributed by atoms with Crippen LogP contribution in [0.4, 0.5) is 4.79 Å². The molecule has 1 aliphatic heterocycles. The topological polar surface area (TPSA) is 122 Å². The highest BCUT2D eigenvalue weighted by Crippen LogP contribution is 2.24. The highest BCUT2D eigenvalue weighted by atomic mass is 32.2. The van der Waals surface area contributed by atoms with E-state index < -0.39 is 40.1 Å². The Kier molecular flexibility index (Phi) is 7.37. The number of sulfonamides is 1. The van der Waals surface area contributed by atoms with Gasteiger partial charge in [0.1, 0.15) is 0 Å². The molecule has 9 nitrogen and oxygen atoms in total. The largest absolute Gasteiger partial charge is 0.452 e. The summed E-state index contributed by atoms with van der Waals surface area (Å²) in [6, 6.07) is 5.01. The van der Waals surface area contributed by atoms with Crippen LogP contribution < -0.4 is 10.6 Å². The summed E-state index contributed by atoms with van der Waals surface area (Å²) in [5.41, 5.74) is -0.687. The molecule has 0 atom stereocenters. The van der Waals surface area contributed by atoms with Gasteiger partial charge in [-0.25, -0.2) is 18.0 Å². The monoisotopic (exact) mass is 425 g/mol. The van der Waals surface area contributed by atoms with Crippen molar-refractivity contribution in [1.29, 1.82) is 0 Å². The van der Waals surface area contributed by atoms with Gasteiger partial charge in [-0.3, -0.25) is 10.1 Å². The van der Waals surface area contributed by atoms with E-state index in [1.807, 2.05) is 5.32 Å². The first-order valence-electron chi connectivity index (χ1n) is 9.39. The lowest BCUT2D eigenvalue weighted by Crippen LogP contribution is -2.49. The average molecular weight is 426 g/mol. The summed E-state index contributed by atoms with van der Waals surface area (Å²) in [4.78, 5) is 35.8. The number of ether oxygens (including phenoxy) is 1. The maximum Gasteiger partial charge on any atom is 0.340 e. The quantitative estimate of drug-likeness (QED) is 0.692. The third-order valence-corrected chi connectivity index (χ3v) is 6.07. The molecule has 0 aromatic heterocycles. The predicted octanol–water partition coefficient (Wildman–Crippen LogP) is 1.64. The Bertz CT molecular complexity index is 870. The van der Waals surface area contributed by atoms with Crippen molar-refractivity contribution in [3.63, 3.8) is 0 Å². The number of carbonyl (C=O) groups excluding carboxylic acids is 3. The third kappa shape index (κ3) is 6.53. The molecule has 0 aliphatic carbocycles. The molecular weight excluding hydrogens is 398 g/mol. The molecule has 3 amide bonds. The molecule has 10 heteroatoms. The Morgan fingerprint density at radius 1 is 1.07 bits per heavy atom.